The molecule has 7 atom stereocenters. The third kappa shape index (κ3) is 4.07. The number of hydrogen-bond donors (Lipinski definition) is 2. The lowest BCUT2D eigenvalue weighted by Gasteiger charge is -2.43. The number of halogens is 2. The Morgan fingerprint density at radius 3 is 2.55 bits per heavy atom. The van der Waals surface area contributed by atoms with E-state index in [1.165, 1.54) is 11.3 Å². The van der Waals surface area contributed by atoms with Crippen molar-refractivity contribution in [1.29, 1.82) is 0 Å². The fourth-order valence-corrected chi connectivity index (χ4v) is 10.7. The van der Waals surface area contributed by atoms with Crippen molar-refractivity contribution in [1.82, 2.24) is 9.88 Å². The highest BCUT2D eigenvalue weighted by Crippen LogP contribution is 2.69. The molecule has 2 saturated carbocycles. The third-order valence-corrected chi connectivity index (χ3v) is 12.1. The first kappa shape index (κ1) is 26.3. The summed E-state index contributed by atoms with van der Waals surface area (Å²) in [6.07, 6.45) is 0.723. The first-order chi connectivity index (χ1) is 19.2. The van der Waals surface area contributed by atoms with Crippen LogP contribution in [0.3, 0.4) is 0 Å². The molecule has 0 spiro atoms. The summed E-state index contributed by atoms with van der Waals surface area (Å²) in [5.41, 5.74) is 1.87. The molecule has 7 rings (SSSR count). The number of thiazole rings is 1. The van der Waals surface area contributed by atoms with Crippen LogP contribution in [-0.2, 0) is 21.0 Å². The van der Waals surface area contributed by atoms with Crippen LogP contribution in [0.25, 0.3) is 0 Å². The normalized spacial score (nSPS) is 29.9. The molecule has 8 nitrogen and oxygen atoms in total. The molecule has 40 heavy (non-hydrogen) atoms. The lowest BCUT2D eigenvalue weighted by Crippen LogP contribution is -2.42. The first-order valence-corrected chi connectivity index (χ1v) is 15.7. The van der Waals surface area contributed by atoms with E-state index in [0.29, 0.717) is 17.4 Å². The highest BCUT2D eigenvalue weighted by molar-refractivity contribution is 9.10. The van der Waals surface area contributed by atoms with Gasteiger partial charge < -0.3 is 14.8 Å². The molecule has 2 aliphatic heterocycles. The number of rotatable bonds is 6. The second-order valence-electron chi connectivity index (χ2n) is 10.7. The lowest BCUT2D eigenvalue weighted by molar-refractivity contribution is -0.149. The molecule has 2 aliphatic carbocycles. The number of amides is 2. The van der Waals surface area contributed by atoms with Crippen LogP contribution in [0.2, 0.25) is 5.02 Å². The summed E-state index contributed by atoms with van der Waals surface area (Å²) in [5, 5.41) is 10.8. The number of imide groups is 1. The van der Waals surface area contributed by atoms with Crippen LogP contribution in [0.5, 0.6) is 5.75 Å². The van der Waals surface area contributed by atoms with Crippen LogP contribution in [-0.4, -0.2) is 44.6 Å². The minimum Gasteiger partial charge on any atom is -0.489 e. The molecule has 206 valence electrons. The van der Waals surface area contributed by atoms with Gasteiger partial charge in [-0.2, -0.15) is 0 Å². The predicted molar refractivity (Wildman–Crippen MR) is 153 cm³/mol. The van der Waals surface area contributed by atoms with E-state index < -0.39 is 24.3 Å². The van der Waals surface area contributed by atoms with Gasteiger partial charge in [0.1, 0.15) is 18.9 Å². The van der Waals surface area contributed by atoms with Gasteiger partial charge in [0.2, 0.25) is 11.8 Å². The maximum absolute atomic E-state index is 13.4. The monoisotopic (exact) mass is 660 g/mol. The number of H-pyrrole nitrogens is 1. The number of aromatic nitrogens is 1. The number of nitrogens with one attached hydrogen (secondary N) is 1. The summed E-state index contributed by atoms with van der Waals surface area (Å²) >= 11 is 12.4. The molecule has 6 unspecified atom stereocenters. The Labute approximate surface area is 250 Å². The fourth-order valence-electron chi connectivity index (χ4n) is 7.35. The SMILES string of the molecule is O=C(O)CN1C(=O)C2C3CC(C2C1=O)C1C3Sc2[nH]c(=O)sc2[C@@H]1c1cc(Br)ccc1OCc1ccc(Cl)cc1. The smallest absolute Gasteiger partial charge is 0.323 e. The molecule has 2 amide bonds. The molecule has 2 aromatic carbocycles. The zero-order valence-electron chi connectivity index (χ0n) is 20.7. The molecule has 3 aromatic rings. The van der Waals surface area contributed by atoms with E-state index in [9.17, 15) is 24.3 Å². The van der Waals surface area contributed by atoms with Crippen molar-refractivity contribution in [3.8, 4) is 5.75 Å². The summed E-state index contributed by atoms with van der Waals surface area (Å²) in [6.45, 7) is -0.281. The van der Waals surface area contributed by atoms with E-state index in [4.69, 9.17) is 16.3 Å². The molecule has 2 bridgehead atoms. The van der Waals surface area contributed by atoms with Crippen LogP contribution >= 0.6 is 50.6 Å². The maximum atomic E-state index is 13.4. The number of carbonyl (C=O) groups excluding carboxylic acids is 2. The molecule has 1 aromatic heterocycles. The van der Waals surface area contributed by atoms with Gasteiger partial charge >= 0.3 is 10.8 Å². The van der Waals surface area contributed by atoms with Crippen LogP contribution in [0, 0.1) is 29.6 Å². The average Bonchev–Trinajstić information content (AvgIpc) is 3.64. The summed E-state index contributed by atoms with van der Waals surface area (Å²) < 4.78 is 7.22. The second kappa shape index (κ2) is 9.75. The summed E-state index contributed by atoms with van der Waals surface area (Å²) in [7, 11) is 0. The molecule has 12 heteroatoms. The summed E-state index contributed by atoms with van der Waals surface area (Å²) in [4.78, 5) is 55.4. The van der Waals surface area contributed by atoms with Gasteiger partial charge in [-0.15, -0.1) is 11.8 Å². The molecule has 3 fully saturated rings. The molecular weight excluding hydrogens is 640 g/mol. The van der Waals surface area contributed by atoms with E-state index in [2.05, 4.69) is 20.9 Å². The minimum atomic E-state index is -1.20. The van der Waals surface area contributed by atoms with Gasteiger partial charge in [0.05, 0.1) is 16.9 Å². The van der Waals surface area contributed by atoms with Gasteiger partial charge in [-0.25, -0.2) is 0 Å². The zero-order chi connectivity index (χ0) is 27.9. The van der Waals surface area contributed by atoms with Crippen molar-refractivity contribution in [2.75, 3.05) is 6.54 Å². The van der Waals surface area contributed by atoms with Crippen molar-refractivity contribution in [3.05, 3.63) is 77.6 Å². The van der Waals surface area contributed by atoms with Gasteiger partial charge in [0.25, 0.3) is 0 Å². The zero-order valence-corrected chi connectivity index (χ0v) is 24.7. The van der Waals surface area contributed by atoms with Crippen LogP contribution in [0.15, 0.2) is 56.8 Å². The van der Waals surface area contributed by atoms with Crippen LogP contribution in [0.4, 0.5) is 0 Å². The minimum absolute atomic E-state index is 0.00127. The Morgan fingerprint density at radius 1 is 1.10 bits per heavy atom. The number of carbonyl (C=O) groups is 3. The number of aliphatic carboxylic acids is 1. The van der Waals surface area contributed by atoms with Gasteiger partial charge in [0.15, 0.2) is 0 Å². The molecular formula is C28H22BrClN2O6S2. The summed E-state index contributed by atoms with van der Waals surface area (Å²) in [5.74, 6) is -2.76. The number of carboxylic acids is 1. The van der Waals surface area contributed by atoms with E-state index in [0.717, 1.165) is 36.8 Å². The topological polar surface area (TPSA) is 117 Å². The number of ether oxygens (including phenoxy) is 1. The van der Waals surface area contributed by atoms with Gasteiger partial charge in [-0.1, -0.05) is 51.0 Å². The number of hydrogen-bond acceptors (Lipinski definition) is 7. The highest BCUT2D eigenvalue weighted by Gasteiger charge is 2.69. The third-order valence-electron chi connectivity index (χ3n) is 8.72. The van der Waals surface area contributed by atoms with Gasteiger partial charge in [-0.3, -0.25) is 24.1 Å². The van der Waals surface area contributed by atoms with Crippen LogP contribution < -0.4 is 9.61 Å². The molecule has 3 heterocycles. The lowest BCUT2D eigenvalue weighted by atomic mass is 9.68. The molecule has 2 N–H and O–H groups in total. The van der Waals surface area contributed by atoms with E-state index >= 15 is 0 Å². The number of thioether (sulfide) groups is 1. The first-order valence-electron chi connectivity index (χ1n) is 12.8. The molecule has 4 aliphatic rings. The maximum Gasteiger partial charge on any atom is 0.323 e. The number of aromatic amines is 1. The Morgan fingerprint density at radius 2 is 1.82 bits per heavy atom. The highest BCUT2D eigenvalue weighted by atomic mass is 79.9. The standard InChI is InChI=1S/C28H22BrClN2O6S2/c29-12-3-6-17(38-10-11-1-4-13(30)5-2-11)14(7-12)19-20-15-8-16(23(20)39-25-24(19)40-28(37)31-25)22-21(15)26(35)32(27(22)36)9-18(33)34/h1-7,15-16,19-23H,8-10H2,(H,31,37)(H,33,34)/t15?,16?,19-,20?,21?,22?,23?/m1/s1. The Hall–Kier alpha value is -2.60. The van der Waals surface area contributed by atoms with E-state index in [-0.39, 0.29) is 45.6 Å². The molecule has 1 saturated heterocycles. The average molecular weight is 662 g/mol. The van der Waals surface area contributed by atoms with E-state index in [1.807, 2.05) is 42.5 Å². The van der Waals surface area contributed by atoms with Gasteiger partial charge in [0, 0.05) is 31.1 Å². The number of likely N-dealkylation sites (tertiary alicyclic amines) is 1. The van der Waals surface area contributed by atoms with Crippen molar-refractivity contribution < 1.29 is 24.2 Å². The Bertz CT molecular complexity index is 1620. The number of carboxylic acid groups (broad SMARTS) is 1. The quantitative estimate of drug-likeness (QED) is 0.358. The fraction of sp³-hybridized carbons (Fsp3) is 0.357. The number of nitrogens with zero attached hydrogens (tertiary/aromatic N) is 1. The van der Waals surface area contributed by atoms with Crippen molar-refractivity contribution in [2.45, 2.75) is 29.2 Å². The van der Waals surface area contributed by atoms with E-state index in [1.54, 1.807) is 11.8 Å². The number of fused-ring (bicyclic) bond motifs is 9. The van der Waals surface area contributed by atoms with Crippen molar-refractivity contribution >= 4 is 68.4 Å². The van der Waals surface area contributed by atoms with Gasteiger partial charge in [-0.05, 0) is 60.1 Å². The largest absolute Gasteiger partial charge is 0.489 e. The van der Waals surface area contributed by atoms with Crippen LogP contribution in [0.1, 0.15) is 28.3 Å². The second-order valence-corrected chi connectivity index (χ2v) is 14.3. The Balaban J connectivity index is 1.30. The predicted octanol–water partition coefficient (Wildman–Crippen LogP) is 4.99. The van der Waals surface area contributed by atoms with Crippen molar-refractivity contribution in [3.63, 3.8) is 0 Å². The number of benzene rings is 2. The summed E-state index contributed by atoms with van der Waals surface area (Å²) in [6, 6.07) is 13.3. The molecule has 0 radical (unpaired) electrons. The Kier molecular flexibility index (Phi) is 6.41. The van der Waals surface area contributed by atoms with Crippen molar-refractivity contribution in [2.24, 2.45) is 29.6 Å².